The Bertz CT molecular complexity index is 821. The molecule has 0 aliphatic carbocycles. The second-order valence-electron chi connectivity index (χ2n) is 9.52. The van der Waals surface area contributed by atoms with Crippen molar-refractivity contribution >= 4 is 12.2 Å². The van der Waals surface area contributed by atoms with E-state index in [9.17, 15) is 9.59 Å². The number of amides is 1. The van der Waals surface area contributed by atoms with E-state index in [0.717, 1.165) is 6.29 Å². The van der Waals surface area contributed by atoms with Gasteiger partial charge in [-0.25, -0.2) is 0 Å². The zero-order valence-electron chi connectivity index (χ0n) is 27.7. The van der Waals surface area contributed by atoms with Crippen LogP contribution >= 0.6 is 0 Å². The molecule has 0 fully saturated rings. The van der Waals surface area contributed by atoms with E-state index in [0.29, 0.717) is 170 Å². The van der Waals surface area contributed by atoms with Gasteiger partial charge in [0.25, 0.3) is 5.91 Å². The molecule has 0 aromatic heterocycles. The van der Waals surface area contributed by atoms with Crippen molar-refractivity contribution in [3.05, 3.63) is 35.4 Å². The molecule has 0 atom stereocenters. The summed E-state index contributed by atoms with van der Waals surface area (Å²) in [6, 6.07) is 6.42. The first-order valence-electron chi connectivity index (χ1n) is 16.2. The van der Waals surface area contributed by atoms with Crippen LogP contribution in [0.2, 0.25) is 0 Å². The van der Waals surface area contributed by atoms with Crippen molar-refractivity contribution in [3.63, 3.8) is 0 Å². The van der Waals surface area contributed by atoms with Gasteiger partial charge in [-0.1, -0.05) is 12.1 Å². The maximum atomic E-state index is 12.0. The lowest BCUT2D eigenvalue weighted by Gasteiger charge is -2.09. The average Bonchev–Trinajstić information content (AvgIpc) is 3.10. The molecule has 15 nitrogen and oxygen atoms in total. The van der Waals surface area contributed by atoms with Crippen molar-refractivity contribution in [3.8, 4) is 0 Å². The first-order valence-corrected chi connectivity index (χ1v) is 16.2. The molecule has 0 radical (unpaired) electrons. The van der Waals surface area contributed by atoms with Gasteiger partial charge in [-0.05, 0) is 12.1 Å². The minimum Gasteiger partial charge on any atom is -0.378 e. The predicted octanol–water partition coefficient (Wildman–Crippen LogP) is 0.370. The van der Waals surface area contributed by atoms with Crippen LogP contribution in [0.25, 0.3) is 0 Å². The maximum Gasteiger partial charge on any atom is 0.251 e. The zero-order valence-corrected chi connectivity index (χ0v) is 27.7. The summed E-state index contributed by atoms with van der Waals surface area (Å²) < 4.78 is 59.6. The van der Waals surface area contributed by atoms with Crippen LogP contribution in [-0.2, 0) is 52.1 Å². The lowest BCUT2D eigenvalue weighted by molar-refractivity contribution is -0.0274. The topological polar surface area (TPSA) is 174 Å². The van der Waals surface area contributed by atoms with E-state index in [4.69, 9.17) is 57.8 Å². The van der Waals surface area contributed by atoms with E-state index in [2.05, 4.69) is 5.32 Å². The Kier molecular flexibility index (Phi) is 32.1. The van der Waals surface area contributed by atoms with E-state index in [-0.39, 0.29) is 5.91 Å². The van der Waals surface area contributed by atoms with Gasteiger partial charge in [0.05, 0.1) is 145 Å². The zero-order chi connectivity index (χ0) is 33.7. The Labute approximate surface area is 278 Å². The number of rotatable bonds is 37. The molecule has 1 rings (SSSR count). The highest BCUT2D eigenvalue weighted by Gasteiger charge is 2.04. The largest absolute Gasteiger partial charge is 0.378 e. The van der Waals surface area contributed by atoms with Gasteiger partial charge >= 0.3 is 0 Å². The maximum absolute atomic E-state index is 12.0. The molecule has 47 heavy (non-hydrogen) atoms. The molecule has 1 aromatic rings. The summed E-state index contributed by atoms with van der Waals surface area (Å²) in [7, 11) is 0. The lowest BCUT2D eigenvalue weighted by Crippen LogP contribution is -2.27. The molecule has 3 N–H and O–H groups in total. The molecule has 15 heteroatoms. The molecular formula is C32H56N2O13. The number of carbonyl (C=O) groups is 2. The third-order valence-electron chi connectivity index (χ3n) is 5.82. The third kappa shape index (κ3) is 29.7. The monoisotopic (exact) mass is 676 g/mol. The van der Waals surface area contributed by atoms with Crippen molar-refractivity contribution in [1.29, 1.82) is 0 Å². The minimum absolute atomic E-state index is 0.212. The number of ether oxygens (including phenoxy) is 11. The van der Waals surface area contributed by atoms with Gasteiger partial charge in [0.15, 0.2) is 0 Å². The Hall–Kier alpha value is -2.12. The fourth-order valence-electron chi connectivity index (χ4n) is 3.44. The van der Waals surface area contributed by atoms with E-state index < -0.39 is 0 Å². The fraction of sp³-hybridized carbons (Fsp3) is 0.750. The lowest BCUT2D eigenvalue weighted by atomic mass is 10.1. The first-order chi connectivity index (χ1) is 23.3. The molecule has 0 aliphatic heterocycles. The smallest absolute Gasteiger partial charge is 0.251 e. The van der Waals surface area contributed by atoms with Crippen LogP contribution in [0.3, 0.4) is 0 Å². The number of benzene rings is 1. The molecule has 0 saturated carbocycles. The molecular weight excluding hydrogens is 620 g/mol. The van der Waals surface area contributed by atoms with Crippen LogP contribution in [0.5, 0.6) is 0 Å². The van der Waals surface area contributed by atoms with E-state index in [1.807, 2.05) is 0 Å². The van der Waals surface area contributed by atoms with Crippen LogP contribution < -0.4 is 11.1 Å². The van der Waals surface area contributed by atoms with Gasteiger partial charge in [-0.15, -0.1) is 0 Å². The summed E-state index contributed by atoms with van der Waals surface area (Å²) in [5, 5.41) is 2.76. The molecule has 0 aliphatic rings. The molecule has 1 aromatic carbocycles. The summed E-state index contributed by atoms with van der Waals surface area (Å²) in [5.41, 5.74) is 6.35. The number of aldehydes is 1. The van der Waals surface area contributed by atoms with Crippen molar-refractivity contribution in [1.82, 2.24) is 5.32 Å². The number of hydrogen-bond donors (Lipinski definition) is 2. The quantitative estimate of drug-likeness (QED) is 0.0731. The average molecular weight is 677 g/mol. The van der Waals surface area contributed by atoms with Crippen molar-refractivity contribution in [2.75, 3.05) is 158 Å². The highest BCUT2D eigenvalue weighted by Crippen LogP contribution is 2.02. The van der Waals surface area contributed by atoms with Crippen LogP contribution in [0.15, 0.2) is 24.3 Å². The van der Waals surface area contributed by atoms with Gasteiger partial charge in [0, 0.05) is 24.2 Å². The summed E-state index contributed by atoms with van der Waals surface area (Å²) in [6.45, 7) is 11.7. The van der Waals surface area contributed by atoms with Crippen LogP contribution in [0.1, 0.15) is 20.7 Å². The van der Waals surface area contributed by atoms with Crippen molar-refractivity contribution < 1.29 is 61.7 Å². The summed E-state index contributed by atoms with van der Waals surface area (Å²) in [6.07, 6.45) is 0.736. The Morgan fingerprint density at radius 3 is 1.02 bits per heavy atom. The van der Waals surface area contributed by atoms with Crippen molar-refractivity contribution in [2.45, 2.75) is 0 Å². The molecule has 1 amide bonds. The Morgan fingerprint density at radius 2 is 0.745 bits per heavy atom. The van der Waals surface area contributed by atoms with Crippen molar-refractivity contribution in [2.24, 2.45) is 5.73 Å². The SMILES string of the molecule is NCCOCCOCCOCCOCCOCCOCCOCCOCCOCCOCCOCCNC(=O)c1ccc(C=O)cc1. The fourth-order valence-corrected chi connectivity index (χ4v) is 3.44. The molecule has 0 saturated heterocycles. The molecule has 272 valence electrons. The Balaban J connectivity index is 1.66. The predicted molar refractivity (Wildman–Crippen MR) is 172 cm³/mol. The number of nitrogens with two attached hydrogens (primary N) is 1. The molecule has 0 bridgehead atoms. The Morgan fingerprint density at radius 1 is 0.468 bits per heavy atom. The van der Waals surface area contributed by atoms with E-state index >= 15 is 0 Å². The van der Waals surface area contributed by atoms with Gasteiger partial charge in [0.1, 0.15) is 6.29 Å². The van der Waals surface area contributed by atoms with Crippen LogP contribution in [0, 0.1) is 0 Å². The summed E-state index contributed by atoms with van der Waals surface area (Å²) >= 11 is 0. The van der Waals surface area contributed by atoms with Gasteiger partial charge in [0.2, 0.25) is 0 Å². The molecule has 0 unspecified atom stereocenters. The summed E-state index contributed by atoms with van der Waals surface area (Å²) in [4.78, 5) is 22.7. The van der Waals surface area contributed by atoms with Crippen LogP contribution in [-0.4, -0.2) is 171 Å². The highest BCUT2D eigenvalue weighted by atomic mass is 16.6. The number of carbonyl (C=O) groups excluding carboxylic acids is 2. The van der Waals surface area contributed by atoms with Gasteiger partial charge in [-0.3, -0.25) is 9.59 Å². The third-order valence-corrected chi connectivity index (χ3v) is 5.82. The first kappa shape index (κ1) is 42.9. The second-order valence-corrected chi connectivity index (χ2v) is 9.52. The normalized spacial score (nSPS) is 11.3. The van der Waals surface area contributed by atoms with Crippen LogP contribution in [0.4, 0.5) is 0 Å². The van der Waals surface area contributed by atoms with E-state index in [1.165, 1.54) is 0 Å². The van der Waals surface area contributed by atoms with Gasteiger partial charge < -0.3 is 63.2 Å². The minimum atomic E-state index is -0.212. The molecule has 0 heterocycles. The van der Waals surface area contributed by atoms with E-state index in [1.54, 1.807) is 24.3 Å². The van der Waals surface area contributed by atoms with Gasteiger partial charge in [-0.2, -0.15) is 0 Å². The highest BCUT2D eigenvalue weighted by molar-refractivity contribution is 5.94. The number of nitrogens with one attached hydrogen (secondary N) is 1. The number of hydrogen-bond acceptors (Lipinski definition) is 14. The standard InChI is InChI=1S/C32H56N2O13/c33-5-7-37-9-11-39-13-15-41-17-19-43-21-23-45-25-27-47-28-26-46-24-22-44-20-18-42-16-14-40-12-10-38-8-6-34-32(36)31-3-1-30(29-35)2-4-31/h1-4,29H,5-28,33H2,(H,34,36). The second kappa shape index (κ2) is 35.2. The summed E-state index contributed by atoms with van der Waals surface area (Å²) in [5.74, 6) is -0.212. The molecule has 0 spiro atoms.